The molecule has 0 bridgehead atoms. The number of hydrogen-bond donors (Lipinski definition) is 2. The minimum Gasteiger partial charge on any atom is -0.350 e. The second-order valence-electron chi connectivity index (χ2n) is 5.56. The molecular weight excluding hydrogens is 246 g/mol. The first-order chi connectivity index (χ1) is 8.50. The van der Waals surface area contributed by atoms with Crippen LogP contribution in [0.4, 0.5) is 0 Å². The maximum absolute atomic E-state index is 12.0. The molecule has 0 aromatic carbocycles. The van der Waals surface area contributed by atoms with Gasteiger partial charge in [-0.15, -0.1) is 11.3 Å². The molecular formula is C13H21N3OS. The molecule has 18 heavy (non-hydrogen) atoms. The average Bonchev–Trinajstić information content (AvgIpc) is 2.95. The van der Waals surface area contributed by atoms with Crippen LogP contribution >= 0.6 is 11.3 Å². The van der Waals surface area contributed by atoms with E-state index < -0.39 is 0 Å². The molecule has 5 heteroatoms. The van der Waals surface area contributed by atoms with Crippen molar-refractivity contribution in [2.24, 2.45) is 11.1 Å². The van der Waals surface area contributed by atoms with Crippen LogP contribution in [0, 0.1) is 5.41 Å². The molecule has 1 amide bonds. The highest BCUT2D eigenvalue weighted by Crippen LogP contribution is 2.36. The Hall–Kier alpha value is -0.940. The van der Waals surface area contributed by atoms with Gasteiger partial charge in [0.1, 0.15) is 10.7 Å². The molecule has 1 unspecified atom stereocenters. The van der Waals surface area contributed by atoms with Crippen LogP contribution in [0.25, 0.3) is 0 Å². The number of carbonyl (C=O) groups excluding carboxylic acids is 1. The zero-order chi connectivity index (χ0) is 13.2. The van der Waals surface area contributed by atoms with Gasteiger partial charge < -0.3 is 11.1 Å². The van der Waals surface area contributed by atoms with Crippen LogP contribution in [0.2, 0.25) is 0 Å². The standard InChI is InChI=1S/C13H21N3OS/c1-9(14)12-16-10(7-18-12)11(17)15-8-13(2)5-3-4-6-13/h7,9H,3-6,8,14H2,1-2H3,(H,15,17). The molecule has 0 saturated heterocycles. The van der Waals surface area contributed by atoms with Crippen LogP contribution in [-0.2, 0) is 0 Å². The van der Waals surface area contributed by atoms with Gasteiger partial charge in [-0.05, 0) is 25.2 Å². The maximum Gasteiger partial charge on any atom is 0.270 e. The third-order valence-corrected chi connectivity index (χ3v) is 4.68. The second kappa shape index (κ2) is 5.36. The summed E-state index contributed by atoms with van der Waals surface area (Å²) in [5.74, 6) is -0.0775. The Morgan fingerprint density at radius 3 is 2.83 bits per heavy atom. The molecule has 1 aliphatic carbocycles. The van der Waals surface area contributed by atoms with Gasteiger partial charge in [-0.1, -0.05) is 19.8 Å². The Balaban J connectivity index is 1.91. The molecule has 1 aliphatic rings. The van der Waals surface area contributed by atoms with Crippen LogP contribution in [0.1, 0.15) is 61.1 Å². The van der Waals surface area contributed by atoms with E-state index in [1.807, 2.05) is 6.92 Å². The predicted molar refractivity (Wildman–Crippen MR) is 73.6 cm³/mol. The molecule has 2 rings (SSSR count). The molecule has 0 radical (unpaired) electrons. The summed E-state index contributed by atoms with van der Waals surface area (Å²) in [7, 11) is 0. The van der Waals surface area contributed by atoms with Crippen molar-refractivity contribution < 1.29 is 4.79 Å². The van der Waals surface area contributed by atoms with E-state index in [1.54, 1.807) is 5.38 Å². The van der Waals surface area contributed by atoms with Gasteiger partial charge in [0.05, 0.1) is 6.04 Å². The summed E-state index contributed by atoms with van der Waals surface area (Å²) < 4.78 is 0. The Kier molecular flexibility index (Phi) is 4.02. The summed E-state index contributed by atoms with van der Waals surface area (Å²) in [5.41, 5.74) is 6.51. The topological polar surface area (TPSA) is 68.0 Å². The molecule has 0 aliphatic heterocycles. The lowest BCUT2D eigenvalue weighted by Crippen LogP contribution is -2.34. The maximum atomic E-state index is 12.0. The number of nitrogens with two attached hydrogens (primary N) is 1. The van der Waals surface area contributed by atoms with Gasteiger partial charge >= 0.3 is 0 Å². The molecule has 0 spiro atoms. The van der Waals surface area contributed by atoms with E-state index in [-0.39, 0.29) is 17.4 Å². The SMILES string of the molecule is CC(N)c1nc(C(=O)NCC2(C)CCCC2)cs1. The van der Waals surface area contributed by atoms with Crippen molar-refractivity contribution in [1.82, 2.24) is 10.3 Å². The minimum atomic E-state index is -0.108. The summed E-state index contributed by atoms with van der Waals surface area (Å²) in [5, 5.41) is 5.59. The quantitative estimate of drug-likeness (QED) is 0.880. The molecule has 1 aromatic heterocycles. The number of hydrogen-bond acceptors (Lipinski definition) is 4. The molecule has 4 nitrogen and oxygen atoms in total. The van der Waals surface area contributed by atoms with Crippen LogP contribution in [0.3, 0.4) is 0 Å². The molecule has 1 heterocycles. The summed E-state index contributed by atoms with van der Waals surface area (Å²) in [4.78, 5) is 16.2. The first-order valence-corrected chi connectivity index (χ1v) is 7.37. The number of carbonyl (C=O) groups is 1. The van der Waals surface area contributed by atoms with Crippen LogP contribution in [0.5, 0.6) is 0 Å². The summed E-state index contributed by atoms with van der Waals surface area (Å²) in [6.45, 7) is 4.87. The highest BCUT2D eigenvalue weighted by Gasteiger charge is 2.29. The van der Waals surface area contributed by atoms with Gasteiger partial charge in [0.15, 0.2) is 0 Å². The zero-order valence-corrected chi connectivity index (χ0v) is 11.8. The highest BCUT2D eigenvalue weighted by atomic mass is 32.1. The lowest BCUT2D eigenvalue weighted by molar-refractivity contribution is 0.0930. The summed E-state index contributed by atoms with van der Waals surface area (Å²) in [6, 6.07) is -0.108. The van der Waals surface area contributed by atoms with E-state index >= 15 is 0 Å². The Morgan fingerprint density at radius 1 is 1.61 bits per heavy atom. The first kappa shape index (κ1) is 13.5. The van der Waals surface area contributed by atoms with Gasteiger partial charge in [-0.25, -0.2) is 4.98 Å². The van der Waals surface area contributed by atoms with Crippen molar-refractivity contribution in [2.45, 2.75) is 45.6 Å². The van der Waals surface area contributed by atoms with Crippen LogP contribution < -0.4 is 11.1 Å². The molecule has 1 aromatic rings. The van der Waals surface area contributed by atoms with Crippen molar-refractivity contribution in [3.63, 3.8) is 0 Å². The molecule has 1 fully saturated rings. The van der Waals surface area contributed by atoms with E-state index in [9.17, 15) is 4.79 Å². The normalized spacial score (nSPS) is 19.7. The number of rotatable bonds is 4. The Bertz CT molecular complexity index is 422. The minimum absolute atomic E-state index is 0.0775. The average molecular weight is 267 g/mol. The van der Waals surface area contributed by atoms with E-state index in [0.29, 0.717) is 5.69 Å². The number of thiazole rings is 1. The summed E-state index contributed by atoms with van der Waals surface area (Å²) in [6.07, 6.45) is 4.96. The second-order valence-corrected chi connectivity index (χ2v) is 6.45. The Labute approximate surface area is 112 Å². The fourth-order valence-corrected chi connectivity index (χ4v) is 3.15. The number of amides is 1. The van der Waals surface area contributed by atoms with Gasteiger partial charge in [0.25, 0.3) is 5.91 Å². The van der Waals surface area contributed by atoms with E-state index in [4.69, 9.17) is 5.73 Å². The number of aromatic nitrogens is 1. The van der Waals surface area contributed by atoms with Crippen molar-refractivity contribution in [3.8, 4) is 0 Å². The lowest BCUT2D eigenvalue weighted by Gasteiger charge is -2.23. The molecule has 1 saturated carbocycles. The predicted octanol–water partition coefficient (Wildman–Crippen LogP) is 2.47. The highest BCUT2D eigenvalue weighted by molar-refractivity contribution is 7.09. The van der Waals surface area contributed by atoms with Crippen molar-refractivity contribution >= 4 is 17.2 Å². The number of nitrogens with zero attached hydrogens (tertiary/aromatic N) is 1. The number of nitrogens with one attached hydrogen (secondary N) is 1. The third kappa shape index (κ3) is 3.09. The van der Waals surface area contributed by atoms with Gasteiger partial charge in [-0.2, -0.15) is 0 Å². The third-order valence-electron chi connectivity index (χ3n) is 3.63. The van der Waals surface area contributed by atoms with Gasteiger partial charge in [0, 0.05) is 11.9 Å². The van der Waals surface area contributed by atoms with Gasteiger partial charge in [0.2, 0.25) is 0 Å². The van der Waals surface area contributed by atoms with E-state index in [2.05, 4.69) is 17.2 Å². The fraction of sp³-hybridized carbons (Fsp3) is 0.692. The smallest absolute Gasteiger partial charge is 0.270 e. The monoisotopic (exact) mass is 267 g/mol. The largest absolute Gasteiger partial charge is 0.350 e. The van der Waals surface area contributed by atoms with Crippen LogP contribution in [0.15, 0.2) is 5.38 Å². The van der Waals surface area contributed by atoms with Crippen molar-refractivity contribution in [3.05, 3.63) is 16.1 Å². The van der Waals surface area contributed by atoms with Gasteiger partial charge in [-0.3, -0.25) is 4.79 Å². The fourth-order valence-electron chi connectivity index (χ4n) is 2.39. The zero-order valence-electron chi connectivity index (χ0n) is 11.0. The van der Waals surface area contributed by atoms with Crippen LogP contribution in [-0.4, -0.2) is 17.4 Å². The molecule has 100 valence electrons. The summed E-state index contributed by atoms with van der Waals surface area (Å²) >= 11 is 1.45. The lowest BCUT2D eigenvalue weighted by atomic mass is 9.89. The van der Waals surface area contributed by atoms with Crippen molar-refractivity contribution in [2.75, 3.05) is 6.54 Å². The first-order valence-electron chi connectivity index (χ1n) is 6.49. The van der Waals surface area contributed by atoms with E-state index in [0.717, 1.165) is 11.6 Å². The Morgan fingerprint density at radius 2 is 2.28 bits per heavy atom. The molecule has 3 N–H and O–H groups in total. The van der Waals surface area contributed by atoms with Crippen molar-refractivity contribution in [1.29, 1.82) is 0 Å². The molecule has 1 atom stereocenters. The van der Waals surface area contributed by atoms with E-state index in [1.165, 1.54) is 37.0 Å².